The van der Waals surface area contributed by atoms with Crippen LogP contribution in [0, 0.1) is 0 Å². The average Bonchev–Trinajstić information content (AvgIpc) is 2.74. The maximum Gasteiger partial charge on any atom is 0.198 e. The molecule has 0 atom stereocenters. The summed E-state index contributed by atoms with van der Waals surface area (Å²) < 4.78 is 6.72. The van der Waals surface area contributed by atoms with Crippen molar-refractivity contribution in [1.82, 2.24) is 4.98 Å². The van der Waals surface area contributed by atoms with Gasteiger partial charge in [0.05, 0.1) is 6.20 Å². The van der Waals surface area contributed by atoms with Crippen molar-refractivity contribution in [3.05, 3.63) is 52.1 Å². The predicted octanol–water partition coefficient (Wildman–Crippen LogP) is 2.92. The van der Waals surface area contributed by atoms with Gasteiger partial charge >= 0.3 is 0 Å². The summed E-state index contributed by atoms with van der Waals surface area (Å²) >= 11 is 3.45. The SMILES string of the molecule is NCCCc1cnc(Cc2cccc(Br)c2)o1. The average molecular weight is 295 g/mol. The normalized spacial score (nSPS) is 10.7. The molecule has 0 radical (unpaired) electrons. The minimum atomic E-state index is 0.682. The van der Waals surface area contributed by atoms with Crippen molar-refractivity contribution >= 4 is 15.9 Å². The molecule has 2 N–H and O–H groups in total. The van der Waals surface area contributed by atoms with E-state index in [1.807, 2.05) is 12.1 Å². The highest BCUT2D eigenvalue weighted by molar-refractivity contribution is 9.10. The fourth-order valence-electron chi connectivity index (χ4n) is 1.64. The van der Waals surface area contributed by atoms with Crippen molar-refractivity contribution in [2.45, 2.75) is 19.3 Å². The van der Waals surface area contributed by atoms with E-state index in [2.05, 4.69) is 33.0 Å². The van der Waals surface area contributed by atoms with E-state index in [9.17, 15) is 0 Å². The third-order valence-corrected chi connectivity index (χ3v) is 2.97. The molecular weight excluding hydrogens is 280 g/mol. The molecule has 1 aromatic heterocycles. The molecular formula is C13H15BrN2O. The molecule has 0 aliphatic heterocycles. The summed E-state index contributed by atoms with van der Waals surface area (Å²) in [7, 11) is 0. The molecule has 0 aliphatic rings. The van der Waals surface area contributed by atoms with Crippen molar-refractivity contribution in [3.8, 4) is 0 Å². The Morgan fingerprint density at radius 2 is 2.24 bits per heavy atom. The van der Waals surface area contributed by atoms with Gasteiger partial charge in [0, 0.05) is 17.3 Å². The highest BCUT2D eigenvalue weighted by Gasteiger charge is 2.05. The summed E-state index contributed by atoms with van der Waals surface area (Å²) in [5.41, 5.74) is 6.64. The van der Waals surface area contributed by atoms with E-state index in [0.29, 0.717) is 6.54 Å². The molecule has 1 aromatic carbocycles. The lowest BCUT2D eigenvalue weighted by atomic mass is 10.1. The van der Waals surface area contributed by atoms with Gasteiger partial charge in [-0.15, -0.1) is 0 Å². The first kappa shape index (κ1) is 12.3. The second-order valence-corrected chi connectivity index (χ2v) is 4.83. The fourth-order valence-corrected chi connectivity index (χ4v) is 2.09. The molecule has 0 bridgehead atoms. The molecule has 0 spiro atoms. The topological polar surface area (TPSA) is 52.0 Å². The number of benzene rings is 1. The second-order valence-electron chi connectivity index (χ2n) is 3.92. The minimum Gasteiger partial charge on any atom is -0.445 e. The lowest BCUT2D eigenvalue weighted by molar-refractivity contribution is 0.459. The Kier molecular flexibility index (Phi) is 4.34. The van der Waals surface area contributed by atoms with Crippen molar-refractivity contribution in [2.24, 2.45) is 5.73 Å². The van der Waals surface area contributed by atoms with Gasteiger partial charge < -0.3 is 10.2 Å². The maximum atomic E-state index is 5.65. The number of halogens is 1. The van der Waals surface area contributed by atoms with Crippen LogP contribution in [0.1, 0.15) is 23.6 Å². The van der Waals surface area contributed by atoms with Gasteiger partial charge in [0.2, 0.25) is 0 Å². The van der Waals surface area contributed by atoms with Crippen LogP contribution in [0.25, 0.3) is 0 Å². The Morgan fingerprint density at radius 1 is 1.35 bits per heavy atom. The van der Waals surface area contributed by atoms with Crippen molar-refractivity contribution in [3.63, 3.8) is 0 Å². The van der Waals surface area contributed by atoms with Gasteiger partial charge in [-0.05, 0) is 30.7 Å². The first-order chi connectivity index (χ1) is 8.28. The summed E-state index contributed by atoms with van der Waals surface area (Å²) in [6, 6.07) is 8.15. The monoisotopic (exact) mass is 294 g/mol. The molecule has 4 heteroatoms. The third kappa shape index (κ3) is 3.68. The zero-order valence-electron chi connectivity index (χ0n) is 9.53. The Labute approximate surface area is 109 Å². The first-order valence-electron chi connectivity index (χ1n) is 5.66. The van der Waals surface area contributed by atoms with Gasteiger partial charge in [-0.1, -0.05) is 28.1 Å². The van der Waals surface area contributed by atoms with Gasteiger partial charge in [0.15, 0.2) is 5.89 Å². The largest absolute Gasteiger partial charge is 0.445 e. The van der Waals surface area contributed by atoms with Crippen LogP contribution in [0.5, 0.6) is 0 Å². The number of hydrogen-bond donors (Lipinski definition) is 1. The molecule has 17 heavy (non-hydrogen) atoms. The fraction of sp³-hybridized carbons (Fsp3) is 0.308. The number of aryl methyl sites for hydroxylation is 1. The van der Waals surface area contributed by atoms with E-state index in [4.69, 9.17) is 10.2 Å². The van der Waals surface area contributed by atoms with Crippen molar-refractivity contribution in [1.29, 1.82) is 0 Å². The smallest absolute Gasteiger partial charge is 0.198 e. The summed E-state index contributed by atoms with van der Waals surface area (Å²) in [5, 5.41) is 0. The van der Waals surface area contributed by atoms with Gasteiger partial charge in [-0.2, -0.15) is 0 Å². The summed E-state index contributed by atoms with van der Waals surface area (Å²) in [4.78, 5) is 4.27. The van der Waals surface area contributed by atoms with Gasteiger partial charge in [0.25, 0.3) is 0 Å². The van der Waals surface area contributed by atoms with E-state index >= 15 is 0 Å². The number of nitrogens with zero attached hydrogens (tertiary/aromatic N) is 1. The minimum absolute atomic E-state index is 0.682. The lowest BCUT2D eigenvalue weighted by Crippen LogP contribution is -1.99. The maximum absolute atomic E-state index is 5.65. The molecule has 3 nitrogen and oxygen atoms in total. The van der Waals surface area contributed by atoms with Crippen LogP contribution in [-0.2, 0) is 12.8 Å². The summed E-state index contributed by atoms with van der Waals surface area (Å²) in [6.45, 7) is 0.682. The number of nitrogens with two attached hydrogens (primary N) is 1. The summed E-state index contributed by atoms with van der Waals surface area (Å²) in [5.74, 6) is 1.68. The van der Waals surface area contributed by atoms with Crippen LogP contribution in [0.2, 0.25) is 0 Å². The molecule has 0 amide bonds. The zero-order chi connectivity index (χ0) is 12.1. The van der Waals surface area contributed by atoms with Crippen molar-refractivity contribution in [2.75, 3.05) is 6.54 Å². The van der Waals surface area contributed by atoms with Crippen LogP contribution in [0.3, 0.4) is 0 Å². The molecule has 0 fully saturated rings. The van der Waals surface area contributed by atoms with E-state index in [1.54, 1.807) is 6.20 Å². The van der Waals surface area contributed by atoms with E-state index < -0.39 is 0 Å². The number of rotatable bonds is 5. The Balaban J connectivity index is 2.01. The molecule has 1 heterocycles. The van der Waals surface area contributed by atoms with Gasteiger partial charge in [0.1, 0.15) is 5.76 Å². The van der Waals surface area contributed by atoms with Crippen LogP contribution in [0.15, 0.2) is 39.4 Å². The summed E-state index contributed by atoms with van der Waals surface area (Å²) in [6.07, 6.45) is 4.32. The third-order valence-electron chi connectivity index (χ3n) is 2.47. The number of oxazole rings is 1. The van der Waals surface area contributed by atoms with Crippen LogP contribution < -0.4 is 5.73 Å². The number of aromatic nitrogens is 1. The van der Waals surface area contributed by atoms with Crippen molar-refractivity contribution < 1.29 is 4.42 Å². The van der Waals surface area contributed by atoms with Crippen LogP contribution in [-0.4, -0.2) is 11.5 Å². The zero-order valence-corrected chi connectivity index (χ0v) is 11.1. The highest BCUT2D eigenvalue weighted by atomic mass is 79.9. The second kappa shape index (κ2) is 5.98. The molecule has 90 valence electrons. The van der Waals surface area contributed by atoms with E-state index in [1.165, 1.54) is 5.56 Å². The van der Waals surface area contributed by atoms with Crippen LogP contribution >= 0.6 is 15.9 Å². The molecule has 0 unspecified atom stereocenters. The van der Waals surface area contributed by atoms with E-state index in [-0.39, 0.29) is 0 Å². The van der Waals surface area contributed by atoms with Gasteiger partial charge in [-0.25, -0.2) is 4.98 Å². The Hall–Kier alpha value is -1.13. The molecule has 2 rings (SSSR count). The van der Waals surface area contributed by atoms with Gasteiger partial charge in [-0.3, -0.25) is 0 Å². The quantitative estimate of drug-likeness (QED) is 0.922. The van der Waals surface area contributed by atoms with Crippen LogP contribution in [0.4, 0.5) is 0 Å². The first-order valence-corrected chi connectivity index (χ1v) is 6.45. The standard InChI is InChI=1S/C13H15BrN2O/c14-11-4-1-3-10(7-11)8-13-16-9-12(17-13)5-2-6-15/h1,3-4,7,9H,2,5-6,8,15H2. The van der Waals surface area contributed by atoms with E-state index in [0.717, 1.165) is 35.4 Å². The molecule has 2 aromatic rings. The Morgan fingerprint density at radius 3 is 3.00 bits per heavy atom. The molecule has 0 saturated heterocycles. The highest BCUT2D eigenvalue weighted by Crippen LogP contribution is 2.15. The molecule has 0 saturated carbocycles. The molecule has 0 aliphatic carbocycles. The Bertz CT molecular complexity index is 482. The lowest BCUT2D eigenvalue weighted by Gasteiger charge is -1.98. The predicted molar refractivity (Wildman–Crippen MR) is 70.8 cm³/mol. The number of hydrogen-bond acceptors (Lipinski definition) is 3.